The Labute approximate surface area is 209 Å². The van der Waals surface area contributed by atoms with Gasteiger partial charge in [0.1, 0.15) is 0 Å². The number of carbonyl (C=O) groups excluding carboxylic acids is 1. The van der Waals surface area contributed by atoms with Gasteiger partial charge in [-0.3, -0.25) is 9.78 Å². The Balaban J connectivity index is 1.60. The summed E-state index contributed by atoms with van der Waals surface area (Å²) >= 11 is 0. The van der Waals surface area contributed by atoms with Crippen LogP contribution in [0, 0.1) is 0 Å². The molecule has 8 heteroatoms. The number of aromatic nitrogens is 2. The number of methoxy groups -OCH3 is 1. The lowest BCUT2D eigenvalue weighted by Gasteiger charge is -2.15. The number of fused-ring (bicyclic) bond motifs is 2. The van der Waals surface area contributed by atoms with Crippen LogP contribution in [0.5, 0.6) is 17.2 Å². The summed E-state index contributed by atoms with van der Waals surface area (Å²) in [6.07, 6.45) is 3.39. The zero-order valence-corrected chi connectivity index (χ0v) is 20.9. The summed E-state index contributed by atoms with van der Waals surface area (Å²) in [6.45, 7) is 5.21. The molecule has 8 nitrogen and oxygen atoms in total. The van der Waals surface area contributed by atoms with E-state index in [9.17, 15) is 9.59 Å². The van der Waals surface area contributed by atoms with Gasteiger partial charge < -0.3 is 24.1 Å². The molecule has 2 heterocycles. The van der Waals surface area contributed by atoms with Gasteiger partial charge in [-0.2, -0.15) is 0 Å². The Bertz CT molecular complexity index is 1430. The molecule has 0 saturated heterocycles. The van der Waals surface area contributed by atoms with Crippen molar-refractivity contribution in [3.8, 4) is 17.2 Å². The molecular formula is C28H31N3O5. The van der Waals surface area contributed by atoms with Gasteiger partial charge in [-0.05, 0) is 37.6 Å². The highest BCUT2D eigenvalue weighted by Gasteiger charge is 2.17. The predicted molar refractivity (Wildman–Crippen MR) is 140 cm³/mol. The minimum absolute atomic E-state index is 0.198. The van der Waals surface area contributed by atoms with Crippen molar-refractivity contribution in [2.24, 2.45) is 0 Å². The lowest BCUT2D eigenvalue weighted by atomic mass is 10.1. The lowest BCUT2D eigenvalue weighted by molar-refractivity contribution is 0.200. The molecule has 2 aromatic heterocycles. The first-order chi connectivity index (χ1) is 17.5. The standard InChI is InChI=1S/C28H31N3O5/c1-4-6-14-29-28(33)36-26-18-31(5-2)27(32)22-17-24(34-3)25(16-21(22)26)35-15-13-20-12-11-19-9-7-8-10-23(19)30-20/h7-12,16-18H,4-6,13-15H2,1-3H3,(H,29,33). The van der Waals surface area contributed by atoms with E-state index >= 15 is 0 Å². The molecular weight excluding hydrogens is 458 g/mol. The summed E-state index contributed by atoms with van der Waals surface area (Å²) in [5.41, 5.74) is 1.65. The zero-order valence-electron chi connectivity index (χ0n) is 20.9. The molecule has 0 saturated carbocycles. The van der Waals surface area contributed by atoms with Gasteiger partial charge in [-0.25, -0.2) is 4.79 Å². The van der Waals surface area contributed by atoms with Crippen LogP contribution < -0.4 is 25.1 Å². The van der Waals surface area contributed by atoms with Crippen molar-refractivity contribution >= 4 is 27.8 Å². The highest BCUT2D eigenvalue weighted by Crippen LogP contribution is 2.35. The van der Waals surface area contributed by atoms with Crippen LogP contribution in [0.1, 0.15) is 32.4 Å². The summed E-state index contributed by atoms with van der Waals surface area (Å²) < 4.78 is 18.7. The van der Waals surface area contributed by atoms with Crippen LogP contribution >= 0.6 is 0 Å². The molecule has 1 N–H and O–H groups in total. The smallest absolute Gasteiger partial charge is 0.412 e. The van der Waals surface area contributed by atoms with Crippen molar-refractivity contribution in [3.63, 3.8) is 0 Å². The van der Waals surface area contributed by atoms with E-state index in [2.05, 4.69) is 10.3 Å². The van der Waals surface area contributed by atoms with Crippen molar-refractivity contribution in [1.29, 1.82) is 0 Å². The second-order valence-corrected chi connectivity index (χ2v) is 8.40. The molecule has 0 spiro atoms. The maximum absolute atomic E-state index is 13.0. The Morgan fingerprint density at radius 2 is 1.83 bits per heavy atom. The first-order valence-corrected chi connectivity index (χ1v) is 12.2. The molecule has 0 aliphatic carbocycles. The zero-order chi connectivity index (χ0) is 25.5. The number of aryl methyl sites for hydroxylation is 1. The minimum atomic E-state index is -0.563. The van der Waals surface area contributed by atoms with Crippen molar-refractivity contribution in [1.82, 2.24) is 14.9 Å². The van der Waals surface area contributed by atoms with Crippen LogP contribution in [0.25, 0.3) is 21.7 Å². The Hall–Kier alpha value is -4.07. The van der Waals surface area contributed by atoms with Gasteiger partial charge in [0, 0.05) is 36.0 Å². The molecule has 0 unspecified atom stereocenters. The van der Waals surface area contributed by atoms with Gasteiger partial charge in [0.2, 0.25) is 0 Å². The quantitative estimate of drug-likeness (QED) is 0.312. The molecule has 0 aliphatic heterocycles. The maximum atomic E-state index is 13.0. The second-order valence-electron chi connectivity index (χ2n) is 8.40. The summed E-state index contributed by atoms with van der Waals surface area (Å²) in [6, 6.07) is 15.3. The van der Waals surface area contributed by atoms with Crippen molar-refractivity contribution in [2.45, 2.75) is 39.7 Å². The predicted octanol–water partition coefficient (Wildman–Crippen LogP) is 5.09. The number of benzene rings is 2. The SMILES string of the molecule is CCCCNC(=O)Oc1cn(CC)c(=O)c2cc(OC)c(OCCc3ccc4ccccc4n3)cc12. The van der Waals surface area contributed by atoms with Crippen LogP contribution in [0.15, 0.2) is 59.5 Å². The number of pyridine rings is 2. The second kappa shape index (κ2) is 11.6. The number of unbranched alkanes of at least 4 members (excludes halogenated alkanes) is 1. The van der Waals surface area contributed by atoms with Crippen molar-refractivity contribution in [3.05, 3.63) is 70.8 Å². The number of para-hydroxylation sites is 1. The van der Waals surface area contributed by atoms with E-state index in [0.29, 0.717) is 48.4 Å². The summed E-state index contributed by atoms with van der Waals surface area (Å²) in [5.74, 6) is 1.16. The number of amides is 1. The first kappa shape index (κ1) is 25.0. The molecule has 188 valence electrons. The van der Waals surface area contributed by atoms with E-state index in [0.717, 1.165) is 29.4 Å². The fourth-order valence-corrected chi connectivity index (χ4v) is 3.97. The first-order valence-electron chi connectivity index (χ1n) is 12.2. The van der Waals surface area contributed by atoms with Gasteiger partial charge in [0.25, 0.3) is 5.56 Å². The van der Waals surface area contributed by atoms with Crippen molar-refractivity contribution < 1.29 is 19.0 Å². The van der Waals surface area contributed by atoms with E-state index in [1.165, 1.54) is 11.7 Å². The fraction of sp³-hybridized carbons (Fsp3) is 0.321. The molecule has 0 bridgehead atoms. The van der Waals surface area contributed by atoms with Gasteiger partial charge in [0.15, 0.2) is 17.2 Å². The lowest BCUT2D eigenvalue weighted by Crippen LogP contribution is -2.28. The minimum Gasteiger partial charge on any atom is -0.493 e. The van der Waals surface area contributed by atoms with Crippen LogP contribution in [0.4, 0.5) is 4.79 Å². The summed E-state index contributed by atoms with van der Waals surface area (Å²) in [4.78, 5) is 30.0. The largest absolute Gasteiger partial charge is 0.493 e. The van der Waals surface area contributed by atoms with E-state index in [1.807, 2.05) is 50.2 Å². The van der Waals surface area contributed by atoms with E-state index in [-0.39, 0.29) is 11.3 Å². The number of nitrogens with one attached hydrogen (secondary N) is 1. The fourth-order valence-electron chi connectivity index (χ4n) is 3.97. The third-order valence-electron chi connectivity index (χ3n) is 5.95. The van der Waals surface area contributed by atoms with Crippen LogP contribution in [-0.4, -0.2) is 35.9 Å². The van der Waals surface area contributed by atoms with Gasteiger partial charge in [0.05, 0.1) is 30.8 Å². The maximum Gasteiger partial charge on any atom is 0.412 e. The van der Waals surface area contributed by atoms with Gasteiger partial charge in [-0.15, -0.1) is 0 Å². The number of ether oxygens (including phenoxy) is 3. The number of carbonyl (C=O) groups is 1. The Morgan fingerprint density at radius 3 is 2.61 bits per heavy atom. The van der Waals surface area contributed by atoms with E-state index in [4.69, 9.17) is 14.2 Å². The average molecular weight is 490 g/mol. The highest BCUT2D eigenvalue weighted by atomic mass is 16.6. The van der Waals surface area contributed by atoms with E-state index in [1.54, 1.807) is 18.3 Å². The third kappa shape index (κ3) is 5.59. The normalized spacial score (nSPS) is 11.0. The van der Waals surface area contributed by atoms with Crippen molar-refractivity contribution in [2.75, 3.05) is 20.3 Å². The molecule has 1 amide bonds. The highest BCUT2D eigenvalue weighted by molar-refractivity contribution is 5.92. The number of rotatable bonds is 10. The van der Waals surface area contributed by atoms with Crippen LogP contribution in [0.2, 0.25) is 0 Å². The average Bonchev–Trinajstić information content (AvgIpc) is 2.90. The number of hydrogen-bond acceptors (Lipinski definition) is 6. The number of hydrogen-bond donors (Lipinski definition) is 1. The molecule has 36 heavy (non-hydrogen) atoms. The third-order valence-corrected chi connectivity index (χ3v) is 5.95. The van der Waals surface area contributed by atoms with Crippen LogP contribution in [0.3, 0.4) is 0 Å². The van der Waals surface area contributed by atoms with Crippen LogP contribution in [-0.2, 0) is 13.0 Å². The molecule has 0 radical (unpaired) electrons. The molecule has 4 aromatic rings. The monoisotopic (exact) mass is 489 g/mol. The summed E-state index contributed by atoms with van der Waals surface area (Å²) in [7, 11) is 1.53. The molecule has 0 atom stereocenters. The number of nitrogens with zero attached hydrogens (tertiary/aromatic N) is 2. The Morgan fingerprint density at radius 1 is 1.03 bits per heavy atom. The Kier molecular flexibility index (Phi) is 8.05. The van der Waals surface area contributed by atoms with Gasteiger partial charge in [-0.1, -0.05) is 37.6 Å². The molecule has 2 aromatic carbocycles. The molecule has 0 aliphatic rings. The molecule has 0 fully saturated rings. The summed E-state index contributed by atoms with van der Waals surface area (Å²) in [5, 5.41) is 4.69. The topological polar surface area (TPSA) is 91.7 Å². The van der Waals surface area contributed by atoms with Gasteiger partial charge >= 0.3 is 6.09 Å². The molecule has 4 rings (SSSR count). The van der Waals surface area contributed by atoms with E-state index < -0.39 is 6.09 Å².